The number of unbranched alkanes of at least 4 members (excludes halogenated alkanes) is 1. The summed E-state index contributed by atoms with van der Waals surface area (Å²) < 4.78 is 0. The predicted octanol–water partition coefficient (Wildman–Crippen LogP) is 5.68. The van der Waals surface area contributed by atoms with Gasteiger partial charge in [0.1, 0.15) is 0 Å². The van der Waals surface area contributed by atoms with E-state index in [9.17, 15) is 4.79 Å². The van der Waals surface area contributed by atoms with E-state index in [1.54, 1.807) is 0 Å². The molecular weight excluding hydrogens is 296 g/mol. The molecule has 0 bridgehead atoms. The second kappa shape index (κ2) is 7.64. The van der Waals surface area contributed by atoms with E-state index in [0.717, 1.165) is 35.0 Å². The summed E-state index contributed by atoms with van der Waals surface area (Å²) in [5, 5.41) is 5.25. The van der Waals surface area contributed by atoms with Crippen LogP contribution in [0.25, 0.3) is 10.8 Å². The summed E-state index contributed by atoms with van der Waals surface area (Å²) in [6, 6.07) is 23.8. The van der Waals surface area contributed by atoms with Crippen LogP contribution in [-0.2, 0) is 0 Å². The first kappa shape index (κ1) is 16.1. The van der Waals surface area contributed by atoms with Crippen molar-refractivity contribution in [3.63, 3.8) is 0 Å². The van der Waals surface area contributed by atoms with E-state index in [0.29, 0.717) is 6.54 Å². The Morgan fingerprint density at radius 2 is 1.62 bits per heavy atom. The highest BCUT2D eigenvalue weighted by Gasteiger charge is 2.16. The zero-order valence-electron chi connectivity index (χ0n) is 13.9. The number of anilines is 2. The minimum absolute atomic E-state index is 0.0917. The first-order valence-corrected chi connectivity index (χ1v) is 8.41. The number of para-hydroxylation sites is 1. The number of nitrogens with zero attached hydrogens (tertiary/aromatic N) is 1. The largest absolute Gasteiger partial charge is 0.326 e. The third-order valence-corrected chi connectivity index (χ3v) is 4.08. The summed E-state index contributed by atoms with van der Waals surface area (Å²) in [6.07, 6.45) is 2.02. The fraction of sp³-hybridized carbons (Fsp3) is 0.190. The van der Waals surface area contributed by atoms with Crippen molar-refractivity contribution >= 4 is 28.2 Å². The molecule has 0 unspecified atom stereocenters. The molecule has 3 aromatic carbocycles. The van der Waals surface area contributed by atoms with Crippen molar-refractivity contribution in [1.82, 2.24) is 0 Å². The van der Waals surface area contributed by atoms with Gasteiger partial charge in [0, 0.05) is 17.6 Å². The Morgan fingerprint density at radius 1 is 0.917 bits per heavy atom. The lowest BCUT2D eigenvalue weighted by Gasteiger charge is -2.23. The lowest BCUT2D eigenvalue weighted by Crippen LogP contribution is -2.35. The smallest absolute Gasteiger partial charge is 0.307 e. The molecule has 0 atom stereocenters. The molecule has 3 aromatic rings. The molecule has 1 N–H and O–H groups in total. The van der Waals surface area contributed by atoms with E-state index in [4.69, 9.17) is 0 Å². The van der Waals surface area contributed by atoms with E-state index in [1.807, 2.05) is 65.6 Å². The van der Waals surface area contributed by atoms with Crippen molar-refractivity contribution < 1.29 is 4.79 Å². The molecule has 2 amide bonds. The Morgan fingerprint density at radius 3 is 2.42 bits per heavy atom. The van der Waals surface area contributed by atoms with Crippen LogP contribution < -0.4 is 10.2 Å². The van der Waals surface area contributed by atoms with Crippen molar-refractivity contribution in [2.24, 2.45) is 0 Å². The molecule has 3 rings (SSSR count). The summed E-state index contributed by atoms with van der Waals surface area (Å²) >= 11 is 0. The predicted molar refractivity (Wildman–Crippen MR) is 102 cm³/mol. The van der Waals surface area contributed by atoms with Crippen LogP contribution in [0.1, 0.15) is 19.8 Å². The van der Waals surface area contributed by atoms with Crippen LogP contribution in [0, 0.1) is 0 Å². The minimum atomic E-state index is -0.0917. The number of rotatable bonds is 5. The van der Waals surface area contributed by atoms with Gasteiger partial charge in [-0.15, -0.1) is 0 Å². The highest BCUT2D eigenvalue weighted by Crippen LogP contribution is 2.24. The van der Waals surface area contributed by atoms with Crippen LogP contribution in [0.5, 0.6) is 0 Å². The molecule has 0 saturated carbocycles. The quantitative estimate of drug-likeness (QED) is 0.645. The van der Waals surface area contributed by atoms with Crippen LogP contribution in [-0.4, -0.2) is 12.6 Å². The first-order chi connectivity index (χ1) is 11.8. The van der Waals surface area contributed by atoms with E-state index < -0.39 is 0 Å². The molecule has 0 aromatic heterocycles. The van der Waals surface area contributed by atoms with Crippen LogP contribution in [0.2, 0.25) is 0 Å². The average Bonchev–Trinajstić information content (AvgIpc) is 2.63. The van der Waals surface area contributed by atoms with Gasteiger partial charge in [-0.05, 0) is 30.0 Å². The molecule has 0 radical (unpaired) electrons. The number of amides is 2. The minimum Gasteiger partial charge on any atom is -0.307 e. The van der Waals surface area contributed by atoms with Crippen LogP contribution >= 0.6 is 0 Å². The summed E-state index contributed by atoms with van der Waals surface area (Å²) in [6.45, 7) is 2.84. The molecule has 3 nitrogen and oxygen atoms in total. The molecule has 0 heterocycles. The molecule has 0 saturated heterocycles. The fourth-order valence-electron chi connectivity index (χ4n) is 2.79. The van der Waals surface area contributed by atoms with Crippen LogP contribution in [0.3, 0.4) is 0 Å². The second-order valence-corrected chi connectivity index (χ2v) is 5.80. The standard InChI is InChI=1S/C21H22N2O/c1-2-3-16-23(18-12-5-4-6-13-18)21(24)22-20-15-9-11-17-10-7-8-14-19(17)20/h4-15H,2-3,16H2,1H3,(H,22,24). The van der Waals surface area contributed by atoms with Gasteiger partial charge >= 0.3 is 6.03 Å². The lowest BCUT2D eigenvalue weighted by atomic mass is 10.1. The summed E-state index contributed by atoms with van der Waals surface area (Å²) in [5.41, 5.74) is 1.76. The molecule has 3 heteroatoms. The maximum atomic E-state index is 12.9. The Balaban J connectivity index is 1.87. The highest BCUT2D eigenvalue weighted by molar-refractivity contribution is 6.07. The number of urea groups is 1. The van der Waals surface area contributed by atoms with Crippen molar-refractivity contribution in [2.75, 3.05) is 16.8 Å². The van der Waals surface area contributed by atoms with Gasteiger partial charge in [0.2, 0.25) is 0 Å². The molecule has 0 aliphatic heterocycles. The van der Waals surface area contributed by atoms with E-state index in [1.165, 1.54) is 0 Å². The van der Waals surface area contributed by atoms with Gasteiger partial charge in [0.05, 0.1) is 5.69 Å². The van der Waals surface area contributed by atoms with Crippen LogP contribution in [0.15, 0.2) is 72.8 Å². The second-order valence-electron chi connectivity index (χ2n) is 5.80. The van der Waals surface area contributed by atoms with Crippen molar-refractivity contribution in [2.45, 2.75) is 19.8 Å². The van der Waals surface area contributed by atoms with E-state index in [2.05, 4.69) is 24.4 Å². The molecule has 0 fully saturated rings. The SMILES string of the molecule is CCCCN(C(=O)Nc1cccc2ccccc12)c1ccccc1. The first-order valence-electron chi connectivity index (χ1n) is 8.41. The van der Waals surface area contributed by atoms with Gasteiger partial charge in [0.25, 0.3) is 0 Å². The molecule has 0 aliphatic carbocycles. The Kier molecular flexibility index (Phi) is 5.12. The number of carbonyl (C=O) groups excluding carboxylic acids is 1. The molecule has 122 valence electrons. The highest BCUT2D eigenvalue weighted by atomic mass is 16.2. The van der Waals surface area contributed by atoms with Crippen molar-refractivity contribution in [1.29, 1.82) is 0 Å². The zero-order valence-corrected chi connectivity index (χ0v) is 13.9. The number of carbonyl (C=O) groups is 1. The average molecular weight is 318 g/mol. The number of hydrogen-bond acceptors (Lipinski definition) is 1. The maximum absolute atomic E-state index is 12.9. The van der Waals surface area contributed by atoms with Gasteiger partial charge in [0.15, 0.2) is 0 Å². The normalized spacial score (nSPS) is 10.5. The lowest BCUT2D eigenvalue weighted by molar-refractivity contribution is 0.257. The Hall–Kier alpha value is -2.81. The number of fused-ring (bicyclic) bond motifs is 1. The van der Waals surface area contributed by atoms with Gasteiger partial charge in [-0.3, -0.25) is 4.90 Å². The third-order valence-electron chi connectivity index (χ3n) is 4.08. The molecule has 0 spiro atoms. The van der Waals surface area contributed by atoms with E-state index >= 15 is 0 Å². The number of nitrogens with one attached hydrogen (secondary N) is 1. The summed E-state index contributed by atoms with van der Waals surface area (Å²) in [7, 11) is 0. The number of benzene rings is 3. The monoisotopic (exact) mass is 318 g/mol. The van der Waals surface area contributed by atoms with Crippen molar-refractivity contribution in [3.8, 4) is 0 Å². The van der Waals surface area contributed by atoms with Gasteiger partial charge < -0.3 is 5.32 Å². The van der Waals surface area contributed by atoms with Gasteiger partial charge in [-0.1, -0.05) is 67.9 Å². The van der Waals surface area contributed by atoms with Gasteiger partial charge in [-0.2, -0.15) is 0 Å². The van der Waals surface area contributed by atoms with Crippen LogP contribution in [0.4, 0.5) is 16.2 Å². The van der Waals surface area contributed by atoms with Gasteiger partial charge in [-0.25, -0.2) is 4.79 Å². The summed E-state index contributed by atoms with van der Waals surface area (Å²) in [5.74, 6) is 0. The molecule has 0 aliphatic rings. The maximum Gasteiger partial charge on any atom is 0.326 e. The Labute approximate surface area is 142 Å². The Bertz CT molecular complexity index is 809. The van der Waals surface area contributed by atoms with Crippen molar-refractivity contribution in [3.05, 3.63) is 72.8 Å². The summed E-state index contributed by atoms with van der Waals surface area (Å²) in [4.78, 5) is 14.7. The third kappa shape index (κ3) is 3.57. The fourth-order valence-corrected chi connectivity index (χ4v) is 2.79. The topological polar surface area (TPSA) is 32.3 Å². The number of hydrogen-bond donors (Lipinski definition) is 1. The molecular formula is C21H22N2O. The van der Waals surface area contributed by atoms with E-state index in [-0.39, 0.29) is 6.03 Å². The molecule has 24 heavy (non-hydrogen) atoms. The zero-order chi connectivity index (χ0) is 16.8.